The first-order valence-electron chi connectivity index (χ1n) is 8.71. The molecule has 0 saturated heterocycles. The van der Waals surface area contributed by atoms with Crippen molar-refractivity contribution < 1.29 is 9.59 Å². The lowest BCUT2D eigenvalue weighted by molar-refractivity contribution is -0.116. The monoisotopic (exact) mass is 352 g/mol. The van der Waals surface area contributed by atoms with Crippen molar-refractivity contribution in [3.63, 3.8) is 0 Å². The number of nitrogens with zero attached hydrogens (tertiary/aromatic N) is 4. The molecule has 26 heavy (non-hydrogen) atoms. The largest absolute Gasteiger partial charge is 0.363 e. The summed E-state index contributed by atoms with van der Waals surface area (Å²) in [5.74, 6) is 0.835. The van der Waals surface area contributed by atoms with Crippen LogP contribution in [0.1, 0.15) is 24.2 Å². The summed E-state index contributed by atoms with van der Waals surface area (Å²) in [7, 11) is 3.82. The lowest BCUT2D eigenvalue weighted by atomic mass is 10.1. The molecule has 0 aliphatic carbocycles. The Hall–Kier alpha value is -2.89. The smallest absolute Gasteiger partial charge is 0.259 e. The van der Waals surface area contributed by atoms with Gasteiger partial charge < -0.3 is 14.7 Å². The van der Waals surface area contributed by atoms with E-state index in [0.717, 1.165) is 17.2 Å². The van der Waals surface area contributed by atoms with Crippen LogP contribution in [-0.4, -0.2) is 44.0 Å². The van der Waals surface area contributed by atoms with Crippen LogP contribution >= 0.6 is 0 Å². The summed E-state index contributed by atoms with van der Waals surface area (Å²) in [4.78, 5) is 35.1. The first kappa shape index (κ1) is 17.9. The van der Waals surface area contributed by atoms with Crippen molar-refractivity contribution in [2.45, 2.75) is 13.8 Å². The molecule has 1 atom stereocenters. The molecule has 6 nitrogen and oxygen atoms in total. The average Bonchev–Trinajstić information content (AvgIpc) is 2.78. The van der Waals surface area contributed by atoms with Gasteiger partial charge in [0.1, 0.15) is 5.82 Å². The van der Waals surface area contributed by atoms with Crippen LogP contribution in [0, 0.1) is 5.92 Å². The van der Waals surface area contributed by atoms with Crippen molar-refractivity contribution in [3.8, 4) is 0 Å². The predicted molar refractivity (Wildman–Crippen MR) is 104 cm³/mol. The zero-order valence-electron chi connectivity index (χ0n) is 15.6. The van der Waals surface area contributed by atoms with Gasteiger partial charge in [-0.3, -0.25) is 9.59 Å². The number of hydrogen-bond acceptors (Lipinski definition) is 4. The molecule has 0 bridgehead atoms. The number of rotatable bonds is 2. The van der Waals surface area contributed by atoms with Crippen LogP contribution in [0.3, 0.4) is 0 Å². The molecular weight excluding hydrogens is 328 g/mol. The van der Waals surface area contributed by atoms with E-state index in [4.69, 9.17) is 0 Å². The summed E-state index contributed by atoms with van der Waals surface area (Å²) >= 11 is 0. The van der Waals surface area contributed by atoms with E-state index in [1.54, 1.807) is 29.0 Å². The first-order valence-corrected chi connectivity index (χ1v) is 8.71. The molecule has 0 fully saturated rings. The molecule has 136 valence electrons. The van der Waals surface area contributed by atoms with Crippen LogP contribution in [0.25, 0.3) is 0 Å². The number of para-hydroxylation sites is 2. The van der Waals surface area contributed by atoms with Gasteiger partial charge in [-0.1, -0.05) is 19.1 Å². The number of aromatic nitrogens is 1. The van der Waals surface area contributed by atoms with Gasteiger partial charge in [-0.15, -0.1) is 0 Å². The van der Waals surface area contributed by atoms with Gasteiger partial charge >= 0.3 is 0 Å². The van der Waals surface area contributed by atoms with Gasteiger partial charge in [0.25, 0.3) is 5.91 Å². The van der Waals surface area contributed by atoms with Crippen molar-refractivity contribution >= 4 is 29.0 Å². The van der Waals surface area contributed by atoms with Crippen LogP contribution in [0.4, 0.5) is 17.2 Å². The van der Waals surface area contributed by atoms with Crippen molar-refractivity contribution in [1.82, 2.24) is 4.98 Å². The van der Waals surface area contributed by atoms with Crippen molar-refractivity contribution in [2.24, 2.45) is 5.92 Å². The van der Waals surface area contributed by atoms with Crippen LogP contribution in [0.5, 0.6) is 0 Å². The Bertz CT molecular complexity index is 817. The Morgan fingerprint density at radius 1 is 1.04 bits per heavy atom. The minimum Gasteiger partial charge on any atom is -0.363 e. The number of carbonyl (C=O) groups excluding carboxylic acids is 2. The maximum absolute atomic E-state index is 13.2. The van der Waals surface area contributed by atoms with E-state index < -0.39 is 0 Å². The molecule has 0 radical (unpaired) electrons. The maximum atomic E-state index is 13.2. The summed E-state index contributed by atoms with van der Waals surface area (Å²) in [6, 6.07) is 11.2. The number of amides is 2. The van der Waals surface area contributed by atoms with Gasteiger partial charge in [0.05, 0.1) is 16.9 Å². The van der Waals surface area contributed by atoms with Gasteiger partial charge in [-0.2, -0.15) is 0 Å². The quantitative estimate of drug-likeness (QED) is 0.834. The van der Waals surface area contributed by atoms with Crippen molar-refractivity contribution in [3.05, 3.63) is 48.2 Å². The Kier molecular flexibility index (Phi) is 4.93. The molecule has 0 spiro atoms. The topological polar surface area (TPSA) is 56.8 Å². The number of pyridine rings is 1. The second-order valence-electron chi connectivity index (χ2n) is 6.94. The Morgan fingerprint density at radius 2 is 1.65 bits per heavy atom. The van der Waals surface area contributed by atoms with E-state index in [-0.39, 0.29) is 17.7 Å². The minimum atomic E-state index is -0.104. The molecule has 2 aromatic rings. The zero-order valence-corrected chi connectivity index (χ0v) is 15.6. The third-order valence-corrected chi connectivity index (χ3v) is 4.53. The van der Waals surface area contributed by atoms with Crippen LogP contribution in [0.15, 0.2) is 42.6 Å². The van der Waals surface area contributed by atoms with E-state index in [1.165, 1.54) is 0 Å². The van der Waals surface area contributed by atoms with Crippen LogP contribution < -0.4 is 14.7 Å². The highest BCUT2D eigenvalue weighted by Crippen LogP contribution is 2.34. The second kappa shape index (κ2) is 7.15. The Balaban J connectivity index is 2.00. The predicted octanol–water partition coefficient (Wildman–Crippen LogP) is 2.80. The van der Waals surface area contributed by atoms with E-state index in [2.05, 4.69) is 11.9 Å². The SMILES string of the molecule is CC(=O)N1CC(C)CN(C(=O)c2ccc(N(C)C)nc2)c2ccccc21. The van der Waals surface area contributed by atoms with E-state index >= 15 is 0 Å². The summed E-state index contributed by atoms with van der Waals surface area (Å²) in [6.07, 6.45) is 1.61. The molecular formula is C20H24N4O2. The van der Waals surface area contributed by atoms with Gasteiger partial charge in [0.15, 0.2) is 0 Å². The normalized spacial score (nSPS) is 16.7. The van der Waals surface area contributed by atoms with Gasteiger partial charge in [0.2, 0.25) is 5.91 Å². The summed E-state index contributed by atoms with van der Waals surface area (Å²) in [5, 5.41) is 0. The second-order valence-corrected chi connectivity index (χ2v) is 6.94. The highest BCUT2D eigenvalue weighted by molar-refractivity contribution is 6.09. The fourth-order valence-electron chi connectivity index (χ4n) is 3.22. The maximum Gasteiger partial charge on any atom is 0.259 e. The molecule has 0 N–H and O–H groups in total. The summed E-state index contributed by atoms with van der Waals surface area (Å²) in [5.41, 5.74) is 2.07. The fourth-order valence-corrected chi connectivity index (χ4v) is 3.22. The molecule has 1 unspecified atom stereocenters. The van der Waals surface area contributed by atoms with Gasteiger partial charge in [0, 0.05) is 40.3 Å². The molecule has 1 aliphatic heterocycles. The number of anilines is 3. The first-order chi connectivity index (χ1) is 12.4. The number of benzene rings is 1. The molecule has 0 saturated carbocycles. The molecule has 6 heteroatoms. The van der Waals surface area contributed by atoms with Gasteiger partial charge in [-0.05, 0) is 30.2 Å². The third-order valence-electron chi connectivity index (χ3n) is 4.53. The lowest BCUT2D eigenvalue weighted by Gasteiger charge is -2.25. The Morgan fingerprint density at radius 3 is 2.19 bits per heavy atom. The van der Waals surface area contributed by atoms with Crippen molar-refractivity contribution in [1.29, 1.82) is 0 Å². The fraction of sp³-hybridized carbons (Fsp3) is 0.350. The zero-order chi connectivity index (χ0) is 18.8. The summed E-state index contributed by atoms with van der Waals surface area (Å²) in [6.45, 7) is 4.75. The highest BCUT2D eigenvalue weighted by atomic mass is 16.2. The molecule has 1 aliphatic rings. The number of hydrogen-bond donors (Lipinski definition) is 0. The van der Waals surface area contributed by atoms with E-state index in [9.17, 15) is 9.59 Å². The lowest BCUT2D eigenvalue weighted by Crippen LogP contribution is -2.35. The van der Waals surface area contributed by atoms with Crippen LogP contribution in [-0.2, 0) is 4.79 Å². The van der Waals surface area contributed by atoms with E-state index in [1.807, 2.05) is 49.3 Å². The Labute approximate surface area is 154 Å². The minimum absolute atomic E-state index is 0.0180. The molecule has 2 amide bonds. The molecule has 2 heterocycles. The third kappa shape index (κ3) is 3.40. The van der Waals surface area contributed by atoms with Gasteiger partial charge in [-0.25, -0.2) is 4.98 Å². The molecule has 1 aromatic heterocycles. The summed E-state index contributed by atoms with van der Waals surface area (Å²) < 4.78 is 0. The highest BCUT2D eigenvalue weighted by Gasteiger charge is 2.30. The molecule has 3 rings (SSSR count). The standard InChI is InChI=1S/C20H24N4O2/c1-14-12-23(15(2)25)17-7-5-6-8-18(17)24(13-14)20(26)16-9-10-19(21-11-16)22(3)4/h5-11,14H,12-13H2,1-4H3. The van der Waals surface area contributed by atoms with Crippen molar-refractivity contribution in [2.75, 3.05) is 41.9 Å². The van der Waals surface area contributed by atoms with E-state index in [0.29, 0.717) is 18.7 Å². The average molecular weight is 352 g/mol. The number of fused-ring (bicyclic) bond motifs is 1. The number of carbonyl (C=O) groups is 2. The molecule has 1 aromatic carbocycles. The van der Waals surface area contributed by atoms with Crippen LogP contribution in [0.2, 0.25) is 0 Å².